The normalized spacial score (nSPS) is 14.8. The molecule has 5 rings (SSSR count). The molecule has 0 saturated carbocycles. The molecule has 3 aromatic carbocycles. The Morgan fingerprint density at radius 2 is 1.64 bits per heavy atom. The molecule has 1 fully saturated rings. The molecule has 1 aliphatic carbocycles. The standard InChI is InChI=1S/C28H32BN3O4/c1-18-20(15-26(29(34)35)19(2)27(18)32-13-11-30-12-14-32)16-31-28(33)36-17-25-23-9-5-3-7-21(23)22-8-4-6-10-24(22)25/h3-10,15,25,30,34-35H,11-14,16-17H2,1-2H3,(H,31,33). The maximum Gasteiger partial charge on any atom is 0.488 e. The van der Waals surface area contributed by atoms with Crippen molar-refractivity contribution < 1.29 is 19.6 Å². The maximum atomic E-state index is 12.7. The topological polar surface area (TPSA) is 94.1 Å². The van der Waals surface area contributed by atoms with Crippen molar-refractivity contribution in [3.63, 3.8) is 0 Å². The van der Waals surface area contributed by atoms with Crippen molar-refractivity contribution in [3.8, 4) is 11.1 Å². The van der Waals surface area contributed by atoms with Gasteiger partial charge in [0, 0.05) is 44.3 Å². The summed E-state index contributed by atoms with van der Waals surface area (Å²) in [5.74, 6) is -0.000266. The van der Waals surface area contributed by atoms with Gasteiger partial charge in [-0.25, -0.2) is 4.79 Å². The number of ether oxygens (including phenoxy) is 1. The van der Waals surface area contributed by atoms with E-state index in [1.165, 1.54) is 22.3 Å². The van der Waals surface area contributed by atoms with Crippen LogP contribution in [0.2, 0.25) is 0 Å². The number of alkyl carbamates (subject to hydrolysis) is 1. The average Bonchev–Trinajstić information content (AvgIpc) is 3.21. The lowest BCUT2D eigenvalue weighted by atomic mass is 9.74. The van der Waals surface area contributed by atoms with Crippen molar-refractivity contribution >= 4 is 24.4 Å². The van der Waals surface area contributed by atoms with Crippen LogP contribution >= 0.6 is 0 Å². The Morgan fingerprint density at radius 1 is 1.03 bits per heavy atom. The van der Waals surface area contributed by atoms with E-state index in [1.807, 2.05) is 38.1 Å². The molecule has 0 bridgehead atoms. The molecule has 1 saturated heterocycles. The molecule has 2 aliphatic rings. The number of rotatable bonds is 6. The van der Waals surface area contributed by atoms with E-state index in [0.29, 0.717) is 5.46 Å². The monoisotopic (exact) mass is 485 g/mol. The molecule has 8 heteroatoms. The summed E-state index contributed by atoms with van der Waals surface area (Å²) < 4.78 is 5.68. The fourth-order valence-corrected chi connectivity index (χ4v) is 5.61. The van der Waals surface area contributed by atoms with Gasteiger partial charge >= 0.3 is 13.2 Å². The maximum absolute atomic E-state index is 12.7. The lowest BCUT2D eigenvalue weighted by Crippen LogP contribution is -2.45. The van der Waals surface area contributed by atoms with Crippen LogP contribution in [0.5, 0.6) is 0 Å². The van der Waals surface area contributed by atoms with E-state index < -0.39 is 13.2 Å². The van der Waals surface area contributed by atoms with Crippen molar-refractivity contribution in [1.82, 2.24) is 10.6 Å². The van der Waals surface area contributed by atoms with Gasteiger partial charge in [-0.15, -0.1) is 0 Å². The summed E-state index contributed by atoms with van der Waals surface area (Å²) in [5.41, 5.74) is 8.90. The number of piperazine rings is 1. The Kier molecular flexibility index (Phi) is 7.00. The highest BCUT2D eigenvalue weighted by atomic mass is 16.5. The van der Waals surface area contributed by atoms with E-state index in [0.717, 1.165) is 48.6 Å². The van der Waals surface area contributed by atoms with Crippen LogP contribution < -0.4 is 21.0 Å². The Balaban J connectivity index is 1.30. The summed E-state index contributed by atoms with van der Waals surface area (Å²) in [4.78, 5) is 15.0. The second-order valence-corrected chi connectivity index (χ2v) is 9.51. The molecular weight excluding hydrogens is 453 g/mol. The number of fused-ring (bicyclic) bond motifs is 3. The first kappa shape index (κ1) is 24.4. The van der Waals surface area contributed by atoms with Crippen LogP contribution in [0.1, 0.15) is 33.7 Å². The van der Waals surface area contributed by atoms with Crippen molar-refractivity contribution in [1.29, 1.82) is 0 Å². The second kappa shape index (κ2) is 10.3. The Morgan fingerprint density at radius 3 is 2.25 bits per heavy atom. The number of amides is 1. The summed E-state index contributed by atoms with van der Waals surface area (Å²) in [6, 6.07) is 18.3. The molecule has 0 unspecified atom stereocenters. The third-order valence-electron chi connectivity index (χ3n) is 7.43. The first-order valence-electron chi connectivity index (χ1n) is 12.5. The van der Waals surface area contributed by atoms with Gasteiger partial charge in [-0.3, -0.25) is 0 Å². The van der Waals surface area contributed by atoms with Crippen molar-refractivity contribution in [2.75, 3.05) is 37.7 Å². The Labute approximate surface area is 212 Å². The fraction of sp³-hybridized carbons (Fsp3) is 0.321. The zero-order valence-electron chi connectivity index (χ0n) is 20.8. The molecule has 3 aromatic rings. The molecule has 186 valence electrons. The van der Waals surface area contributed by atoms with E-state index in [1.54, 1.807) is 6.07 Å². The summed E-state index contributed by atoms with van der Waals surface area (Å²) in [5, 5.41) is 26.2. The van der Waals surface area contributed by atoms with E-state index in [-0.39, 0.29) is 19.1 Å². The number of hydrogen-bond donors (Lipinski definition) is 4. The SMILES string of the molecule is Cc1c(CNC(=O)OCC2c3ccccc3-c3ccccc32)cc(B(O)O)c(C)c1N1CCNCC1. The number of carbonyl (C=O) groups excluding carboxylic acids is 1. The summed E-state index contributed by atoms with van der Waals surface area (Å²) in [6.45, 7) is 7.85. The number of nitrogens with one attached hydrogen (secondary N) is 2. The van der Waals surface area contributed by atoms with Gasteiger partial charge in [-0.2, -0.15) is 0 Å². The largest absolute Gasteiger partial charge is 0.488 e. The molecule has 0 atom stereocenters. The first-order valence-corrected chi connectivity index (χ1v) is 12.5. The van der Waals surface area contributed by atoms with Gasteiger partial charge in [-0.05, 0) is 58.3 Å². The molecular formula is C28H32BN3O4. The number of hydrogen-bond acceptors (Lipinski definition) is 6. The van der Waals surface area contributed by atoms with Crippen LogP contribution in [0.25, 0.3) is 11.1 Å². The van der Waals surface area contributed by atoms with Crippen LogP contribution in [0.15, 0.2) is 54.6 Å². The molecule has 0 aromatic heterocycles. The number of anilines is 1. The van der Waals surface area contributed by atoms with Crippen LogP contribution in [-0.2, 0) is 11.3 Å². The lowest BCUT2D eigenvalue weighted by Gasteiger charge is -2.33. The Bertz CT molecular complexity index is 1230. The smallest absolute Gasteiger partial charge is 0.449 e. The fourth-order valence-electron chi connectivity index (χ4n) is 5.61. The number of carbonyl (C=O) groups is 1. The van der Waals surface area contributed by atoms with Gasteiger partial charge < -0.3 is 30.3 Å². The zero-order valence-corrected chi connectivity index (χ0v) is 20.8. The minimum absolute atomic E-state index is 0.000266. The third-order valence-corrected chi connectivity index (χ3v) is 7.43. The minimum Gasteiger partial charge on any atom is -0.449 e. The van der Waals surface area contributed by atoms with Gasteiger partial charge in [0.15, 0.2) is 0 Å². The molecule has 1 aliphatic heterocycles. The van der Waals surface area contributed by atoms with E-state index in [9.17, 15) is 14.8 Å². The summed E-state index contributed by atoms with van der Waals surface area (Å²) in [7, 11) is -1.58. The first-order chi connectivity index (χ1) is 17.5. The van der Waals surface area contributed by atoms with Gasteiger partial charge in [0.2, 0.25) is 0 Å². The van der Waals surface area contributed by atoms with Crippen molar-refractivity contribution in [2.24, 2.45) is 0 Å². The average molecular weight is 485 g/mol. The van der Waals surface area contributed by atoms with Gasteiger partial charge in [0.25, 0.3) is 0 Å². The molecule has 7 nitrogen and oxygen atoms in total. The van der Waals surface area contributed by atoms with Crippen molar-refractivity contribution in [3.05, 3.63) is 82.4 Å². The lowest BCUT2D eigenvalue weighted by molar-refractivity contribution is 0.142. The molecule has 4 N–H and O–H groups in total. The third kappa shape index (κ3) is 4.59. The van der Waals surface area contributed by atoms with E-state index >= 15 is 0 Å². The molecule has 0 radical (unpaired) electrons. The van der Waals surface area contributed by atoms with Gasteiger partial charge in [0.1, 0.15) is 6.61 Å². The molecule has 1 amide bonds. The molecule has 0 spiro atoms. The highest BCUT2D eigenvalue weighted by Gasteiger charge is 2.29. The van der Waals surface area contributed by atoms with Crippen molar-refractivity contribution in [2.45, 2.75) is 26.3 Å². The van der Waals surface area contributed by atoms with E-state index in [2.05, 4.69) is 39.8 Å². The number of benzene rings is 3. The predicted octanol–water partition coefficient (Wildman–Crippen LogP) is 2.43. The minimum atomic E-state index is -1.58. The van der Waals surface area contributed by atoms with Crippen LogP contribution in [-0.4, -0.2) is 56.0 Å². The Hall–Kier alpha value is -3.33. The molecule has 1 heterocycles. The predicted molar refractivity (Wildman–Crippen MR) is 143 cm³/mol. The highest BCUT2D eigenvalue weighted by molar-refractivity contribution is 6.59. The highest BCUT2D eigenvalue weighted by Crippen LogP contribution is 2.44. The number of nitrogens with zero attached hydrogens (tertiary/aromatic N) is 1. The van der Waals surface area contributed by atoms with Crippen LogP contribution in [0.4, 0.5) is 10.5 Å². The summed E-state index contributed by atoms with van der Waals surface area (Å²) in [6.07, 6.45) is -0.494. The van der Waals surface area contributed by atoms with Crippen LogP contribution in [0.3, 0.4) is 0 Å². The van der Waals surface area contributed by atoms with E-state index in [4.69, 9.17) is 4.74 Å². The van der Waals surface area contributed by atoms with Gasteiger partial charge in [-0.1, -0.05) is 54.6 Å². The van der Waals surface area contributed by atoms with Gasteiger partial charge in [0.05, 0.1) is 0 Å². The van der Waals surface area contributed by atoms with Crippen LogP contribution in [0, 0.1) is 13.8 Å². The molecule has 36 heavy (non-hydrogen) atoms. The zero-order chi connectivity index (χ0) is 25.2. The quantitative estimate of drug-likeness (QED) is 0.401. The summed E-state index contributed by atoms with van der Waals surface area (Å²) >= 11 is 0. The second-order valence-electron chi connectivity index (χ2n) is 9.51.